The molecule has 0 spiro atoms. The first-order valence-corrected chi connectivity index (χ1v) is 10.4. The fourth-order valence-electron chi connectivity index (χ4n) is 4.27. The zero-order chi connectivity index (χ0) is 18.8. The molecule has 0 atom stereocenters. The predicted octanol–water partition coefficient (Wildman–Crippen LogP) is 4.04. The van der Waals surface area contributed by atoms with Gasteiger partial charge in [-0.25, -0.2) is 4.68 Å². The Labute approximate surface area is 177 Å². The molecule has 0 unspecified atom stereocenters. The molecule has 1 aliphatic heterocycles. The van der Waals surface area contributed by atoms with Crippen molar-refractivity contribution in [1.82, 2.24) is 20.0 Å². The maximum absolute atomic E-state index is 13.3. The largest absolute Gasteiger partial charge is 0.337 e. The lowest BCUT2D eigenvalue weighted by Crippen LogP contribution is -2.44. The van der Waals surface area contributed by atoms with E-state index in [9.17, 15) is 4.79 Å². The molecule has 152 valence electrons. The van der Waals surface area contributed by atoms with Crippen molar-refractivity contribution in [2.24, 2.45) is 0 Å². The van der Waals surface area contributed by atoms with Gasteiger partial charge in [0.05, 0.1) is 5.69 Å². The summed E-state index contributed by atoms with van der Waals surface area (Å²) in [5.41, 5.74) is 3.95. The van der Waals surface area contributed by atoms with E-state index in [1.807, 2.05) is 40.9 Å². The number of fused-ring (bicyclic) bond motifs is 1. The van der Waals surface area contributed by atoms with Gasteiger partial charge in [0.2, 0.25) is 0 Å². The van der Waals surface area contributed by atoms with Gasteiger partial charge in [-0.3, -0.25) is 4.79 Å². The Morgan fingerprint density at radius 1 is 1.14 bits per heavy atom. The molecule has 1 aromatic carbocycles. The van der Waals surface area contributed by atoms with E-state index in [-0.39, 0.29) is 18.3 Å². The first kappa shape index (κ1) is 21.2. The highest BCUT2D eigenvalue weighted by atomic mass is 35.5. The molecular weight excluding hydrogens is 395 g/mol. The molecule has 0 radical (unpaired) electrons. The molecule has 5 nitrogen and oxygen atoms in total. The minimum absolute atomic E-state index is 0. The van der Waals surface area contributed by atoms with Crippen molar-refractivity contribution in [1.29, 1.82) is 0 Å². The van der Waals surface area contributed by atoms with Crippen LogP contribution in [0.1, 0.15) is 53.8 Å². The Balaban J connectivity index is 0.00000225. The van der Waals surface area contributed by atoms with Crippen LogP contribution in [-0.4, -0.2) is 46.8 Å². The molecule has 4 rings (SSSR count). The highest BCUT2D eigenvalue weighted by Gasteiger charge is 2.29. The third kappa shape index (κ3) is 4.22. The van der Waals surface area contributed by atoms with Gasteiger partial charge in [0.1, 0.15) is 0 Å². The summed E-state index contributed by atoms with van der Waals surface area (Å²) >= 11 is 6.06. The Kier molecular flexibility index (Phi) is 7.02. The number of hydrogen-bond donors (Lipinski definition) is 1. The zero-order valence-corrected chi connectivity index (χ0v) is 17.9. The molecule has 0 saturated carbocycles. The molecule has 1 aromatic heterocycles. The maximum atomic E-state index is 13.3. The molecule has 2 aliphatic rings. The van der Waals surface area contributed by atoms with E-state index >= 15 is 0 Å². The fraction of sp³-hybridized carbons (Fsp3) is 0.524. The van der Waals surface area contributed by atoms with Crippen LogP contribution in [0.2, 0.25) is 5.02 Å². The van der Waals surface area contributed by atoms with Crippen molar-refractivity contribution < 1.29 is 4.79 Å². The molecule has 0 bridgehead atoms. The van der Waals surface area contributed by atoms with Crippen molar-refractivity contribution in [3.05, 3.63) is 46.2 Å². The smallest absolute Gasteiger partial charge is 0.274 e. The van der Waals surface area contributed by atoms with Crippen molar-refractivity contribution >= 4 is 29.9 Å². The molecule has 2 aromatic rings. The number of carbonyl (C=O) groups is 1. The van der Waals surface area contributed by atoms with Crippen LogP contribution in [0.3, 0.4) is 0 Å². The standard InChI is InChI=1S/C21H27ClN4O.ClH/c1-25(16-11-13-23-14-12-16)21(27)20-18-5-3-2-4-6-19(18)26(24-20)17-9-7-15(22)8-10-17;/h7-10,16,23H,2-6,11-14H2,1H3;1H. The van der Waals surface area contributed by atoms with Crippen molar-refractivity contribution in [2.75, 3.05) is 20.1 Å². The van der Waals surface area contributed by atoms with Crippen LogP contribution in [0.25, 0.3) is 5.69 Å². The summed E-state index contributed by atoms with van der Waals surface area (Å²) in [7, 11) is 1.93. The van der Waals surface area contributed by atoms with Crippen molar-refractivity contribution in [2.45, 2.75) is 51.0 Å². The second-order valence-corrected chi connectivity index (χ2v) is 8.06. The number of nitrogens with zero attached hydrogens (tertiary/aromatic N) is 3. The Bertz CT molecular complexity index is 813. The fourth-order valence-corrected chi connectivity index (χ4v) is 4.40. The minimum atomic E-state index is 0. The molecule has 28 heavy (non-hydrogen) atoms. The number of rotatable bonds is 3. The van der Waals surface area contributed by atoms with Crippen molar-refractivity contribution in [3.63, 3.8) is 0 Å². The van der Waals surface area contributed by atoms with E-state index in [1.54, 1.807) is 0 Å². The second-order valence-electron chi connectivity index (χ2n) is 7.62. The van der Waals surface area contributed by atoms with Gasteiger partial charge < -0.3 is 10.2 Å². The lowest BCUT2D eigenvalue weighted by Gasteiger charge is -2.31. The first-order chi connectivity index (χ1) is 13.1. The van der Waals surface area contributed by atoms with E-state index in [0.717, 1.165) is 62.9 Å². The molecule has 1 aliphatic carbocycles. The summed E-state index contributed by atoms with van der Waals surface area (Å²) in [6, 6.07) is 8.01. The van der Waals surface area contributed by atoms with Crippen LogP contribution in [0.5, 0.6) is 0 Å². The molecule has 1 N–H and O–H groups in total. The summed E-state index contributed by atoms with van der Waals surface area (Å²) < 4.78 is 1.97. The molecule has 7 heteroatoms. The third-order valence-corrected chi connectivity index (χ3v) is 6.13. The summed E-state index contributed by atoms with van der Waals surface area (Å²) in [5, 5.41) is 8.89. The van der Waals surface area contributed by atoms with Crippen LogP contribution < -0.4 is 5.32 Å². The van der Waals surface area contributed by atoms with Gasteiger partial charge in [0, 0.05) is 29.4 Å². The Morgan fingerprint density at radius 2 is 1.82 bits per heavy atom. The summed E-state index contributed by atoms with van der Waals surface area (Å²) in [6.07, 6.45) is 7.37. The van der Waals surface area contributed by atoms with E-state index in [2.05, 4.69) is 5.32 Å². The van der Waals surface area contributed by atoms with Gasteiger partial charge in [-0.1, -0.05) is 18.0 Å². The minimum Gasteiger partial charge on any atom is -0.337 e. The van der Waals surface area contributed by atoms with Gasteiger partial charge in [0.15, 0.2) is 5.69 Å². The summed E-state index contributed by atoms with van der Waals surface area (Å²) in [5.74, 6) is 0.0627. The number of benzene rings is 1. The summed E-state index contributed by atoms with van der Waals surface area (Å²) in [4.78, 5) is 15.3. The molecule has 1 fully saturated rings. The third-order valence-electron chi connectivity index (χ3n) is 5.88. The second kappa shape index (κ2) is 9.29. The average Bonchev–Trinajstić information content (AvgIpc) is 2.89. The maximum Gasteiger partial charge on any atom is 0.274 e. The topological polar surface area (TPSA) is 50.2 Å². The lowest BCUT2D eigenvalue weighted by atomic mass is 10.0. The van der Waals surface area contributed by atoms with Gasteiger partial charge in [-0.05, 0) is 75.9 Å². The Morgan fingerprint density at radius 3 is 2.54 bits per heavy atom. The quantitative estimate of drug-likeness (QED) is 0.759. The van der Waals surface area contributed by atoms with Gasteiger partial charge in [-0.2, -0.15) is 5.10 Å². The summed E-state index contributed by atoms with van der Waals surface area (Å²) in [6.45, 7) is 1.94. The number of nitrogens with one attached hydrogen (secondary N) is 1. The van der Waals surface area contributed by atoms with Crippen LogP contribution in [0, 0.1) is 0 Å². The average molecular weight is 423 g/mol. The van der Waals surface area contributed by atoms with E-state index in [4.69, 9.17) is 16.7 Å². The van der Waals surface area contributed by atoms with Gasteiger partial charge in [0.25, 0.3) is 5.91 Å². The highest BCUT2D eigenvalue weighted by Crippen LogP contribution is 2.28. The lowest BCUT2D eigenvalue weighted by molar-refractivity contribution is 0.0695. The van der Waals surface area contributed by atoms with Crippen molar-refractivity contribution in [3.8, 4) is 5.69 Å². The van der Waals surface area contributed by atoms with Crippen LogP contribution in [0.4, 0.5) is 0 Å². The molecule has 1 amide bonds. The molecule has 1 saturated heterocycles. The predicted molar refractivity (Wildman–Crippen MR) is 115 cm³/mol. The SMILES string of the molecule is CN(C(=O)c1nn(-c2ccc(Cl)cc2)c2c1CCCCC2)C1CCNCC1.Cl. The number of hydrogen-bond acceptors (Lipinski definition) is 3. The molecule has 2 heterocycles. The zero-order valence-electron chi connectivity index (χ0n) is 16.3. The highest BCUT2D eigenvalue weighted by molar-refractivity contribution is 6.30. The first-order valence-electron chi connectivity index (χ1n) is 10.00. The van der Waals surface area contributed by atoms with Crippen LogP contribution in [-0.2, 0) is 12.8 Å². The monoisotopic (exact) mass is 422 g/mol. The molecular formula is C21H28Cl2N4O. The number of carbonyl (C=O) groups excluding carboxylic acids is 1. The van der Waals surface area contributed by atoms with E-state index < -0.39 is 0 Å². The van der Waals surface area contributed by atoms with Gasteiger partial charge >= 0.3 is 0 Å². The number of halogens is 2. The number of piperidine rings is 1. The van der Waals surface area contributed by atoms with Crippen LogP contribution in [0.15, 0.2) is 24.3 Å². The van der Waals surface area contributed by atoms with Gasteiger partial charge in [-0.15, -0.1) is 12.4 Å². The van der Waals surface area contributed by atoms with E-state index in [0.29, 0.717) is 16.8 Å². The van der Waals surface area contributed by atoms with E-state index in [1.165, 1.54) is 12.1 Å². The number of aromatic nitrogens is 2. The number of amides is 1. The van der Waals surface area contributed by atoms with Crippen LogP contribution >= 0.6 is 24.0 Å². The Hall–Kier alpha value is -1.56. The normalized spacial score (nSPS) is 17.4.